The van der Waals surface area contributed by atoms with E-state index in [1.54, 1.807) is 0 Å². The lowest BCUT2D eigenvalue weighted by Crippen LogP contribution is -2.47. The third-order valence-corrected chi connectivity index (χ3v) is 4.68. The number of unbranched alkanes of at least 4 members (excludes halogenated alkanes) is 6. The highest BCUT2D eigenvalue weighted by molar-refractivity contribution is 7.80. The van der Waals surface area contributed by atoms with Gasteiger partial charge in [0.25, 0.3) is 0 Å². The van der Waals surface area contributed by atoms with Crippen molar-refractivity contribution in [1.82, 2.24) is 4.90 Å². The van der Waals surface area contributed by atoms with Crippen molar-refractivity contribution in [2.24, 2.45) is 0 Å². The Bertz CT molecular complexity index is 225. The number of hydrogen-bond donors (Lipinski definition) is 1. The van der Waals surface area contributed by atoms with E-state index in [-0.39, 0.29) is 5.60 Å². The Hall–Kier alpha value is 0.270. The van der Waals surface area contributed by atoms with Gasteiger partial charge in [-0.1, -0.05) is 32.1 Å². The fraction of sp³-hybridized carbons (Fsp3) is 1.00. The number of rotatable bonds is 10. The molecule has 0 saturated carbocycles. The van der Waals surface area contributed by atoms with Gasteiger partial charge in [0.05, 0.1) is 5.60 Å². The molecule has 1 aliphatic heterocycles. The molecule has 0 radical (unpaired) electrons. The lowest BCUT2D eigenvalue weighted by atomic mass is 9.94. The molecule has 2 nitrogen and oxygen atoms in total. The van der Waals surface area contributed by atoms with E-state index in [2.05, 4.69) is 24.5 Å². The molecule has 0 bridgehead atoms. The first-order chi connectivity index (χ1) is 9.20. The van der Waals surface area contributed by atoms with Gasteiger partial charge in [-0.25, -0.2) is 0 Å². The molecule has 1 aliphatic rings. The monoisotopic (exact) mass is 287 g/mol. The lowest BCUT2D eigenvalue weighted by molar-refractivity contribution is -0.0508. The molecular formula is C16H33NOS. The molecule has 3 heteroatoms. The zero-order valence-electron chi connectivity index (χ0n) is 13.0. The Morgan fingerprint density at radius 3 is 2.32 bits per heavy atom. The van der Waals surface area contributed by atoms with Crippen molar-refractivity contribution in [2.75, 3.05) is 32.5 Å². The standard InChI is InChI=1S/C16H33NOS/c1-16(18-2)11-10-13-17(15-16)12-8-6-4-3-5-7-9-14-19/h19H,3-15H2,1-2H3. The SMILES string of the molecule is COC1(C)CCCN(CCCCCCCCCS)C1. The number of methoxy groups -OCH3 is 1. The van der Waals surface area contributed by atoms with Crippen LogP contribution in [0.15, 0.2) is 0 Å². The minimum atomic E-state index is 0.102. The molecular weight excluding hydrogens is 254 g/mol. The number of likely N-dealkylation sites (tertiary alicyclic amines) is 1. The van der Waals surface area contributed by atoms with E-state index >= 15 is 0 Å². The van der Waals surface area contributed by atoms with Crippen molar-refractivity contribution in [3.05, 3.63) is 0 Å². The zero-order valence-corrected chi connectivity index (χ0v) is 13.9. The highest BCUT2D eigenvalue weighted by Crippen LogP contribution is 2.24. The van der Waals surface area contributed by atoms with Gasteiger partial charge < -0.3 is 9.64 Å². The topological polar surface area (TPSA) is 12.5 Å². The normalized spacial score (nSPS) is 24.8. The molecule has 114 valence electrons. The highest BCUT2D eigenvalue weighted by atomic mass is 32.1. The maximum Gasteiger partial charge on any atom is 0.0777 e. The van der Waals surface area contributed by atoms with Gasteiger partial charge in [-0.2, -0.15) is 12.6 Å². The van der Waals surface area contributed by atoms with Crippen molar-refractivity contribution in [1.29, 1.82) is 0 Å². The van der Waals surface area contributed by atoms with Crippen LogP contribution in [0.3, 0.4) is 0 Å². The summed E-state index contributed by atoms with van der Waals surface area (Å²) in [7, 11) is 1.86. The van der Waals surface area contributed by atoms with Gasteiger partial charge in [0.15, 0.2) is 0 Å². The summed E-state index contributed by atoms with van der Waals surface area (Å²) in [6.07, 6.45) is 12.1. The summed E-state index contributed by atoms with van der Waals surface area (Å²) in [5, 5.41) is 0. The molecule has 19 heavy (non-hydrogen) atoms. The Kier molecular flexibility index (Phi) is 9.17. The Morgan fingerprint density at radius 1 is 1.05 bits per heavy atom. The quantitative estimate of drug-likeness (QED) is 0.479. The van der Waals surface area contributed by atoms with Crippen molar-refractivity contribution >= 4 is 12.6 Å². The fourth-order valence-corrected chi connectivity index (χ4v) is 3.22. The van der Waals surface area contributed by atoms with Crippen LogP contribution in [-0.2, 0) is 4.74 Å². The molecule has 1 saturated heterocycles. The molecule has 1 rings (SSSR count). The second kappa shape index (κ2) is 10.1. The Labute approximate surface area is 125 Å². The molecule has 0 aromatic rings. The van der Waals surface area contributed by atoms with E-state index in [1.807, 2.05) is 7.11 Å². The molecule has 0 aromatic heterocycles. The first-order valence-corrected chi connectivity index (χ1v) is 8.72. The molecule has 1 fully saturated rings. The molecule has 0 spiro atoms. The molecule has 1 heterocycles. The van der Waals surface area contributed by atoms with Crippen molar-refractivity contribution < 1.29 is 4.74 Å². The molecule has 1 atom stereocenters. The van der Waals surface area contributed by atoms with Crippen LogP contribution in [0.2, 0.25) is 0 Å². The summed E-state index contributed by atoms with van der Waals surface area (Å²) >= 11 is 4.24. The van der Waals surface area contributed by atoms with E-state index in [4.69, 9.17) is 4.74 Å². The van der Waals surface area contributed by atoms with E-state index in [0.29, 0.717) is 0 Å². The minimum Gasteiger partial charge on any atom is -0.377 e. The van der Waals surface area contributed by atoms with Crippen LogP contribution in [-0.4, -0.2) is 43.0 Å². The average Bonchev–Trinajstić information content (AvgIpc) is 2.42. The van der Waals surface area contributed by atoms with Crippen LogP contribution >= 0.6 is 12.6 Å². The summed E-state index contributed by atoms with van der Waals surface area (Å²) in [5.41, 5.74) is 0.102. The maximum atomic E-state index is 5.64. The van der Waals surface area contributed by atoms with Crippen LogP contribution in [0.5, 0.6) is 0 Å². The van der Waals surface area contributed by atoms with E-state index in [0.717, 1.165) is 12.3 Å². The van der Waals surface area contributed by atoms with Gasteiger partial charge in [0, 0.05) is 13.7 Å². The second-order valence-electron chi connectivity index (χ2n) is 6.23. The number of hydrogen-bond acceptors (Lipinski definition) is 3. The lowest BCUT2D eigenvalue weighted by Gasteiger charge is -2.39. The van der Waals surface area contributed by atoms with Gasteiger partial charge >= 0.3 is 0 Å². The Balaban J connectivity index is 1.97. The summed E-state index contributed by atoms with van der Waals surface area (Å²) in [6.45, 7) is 5.89. The van der Waals surface area contributed by atoms with E-state index in [9.17, 15) is 0 Å². The number of ether oxygens (including phenoxy) is 1. The average molecular weight is 288 g/mol. The van der Waals surface area contributed by atoms with Crippen molar-refractivity contribution in [3.63, 3.8) is 0 Å². The molecule has 0 N–H and O–H groups in total. The predicted octanol–water partition coefficient (Wildman–Crippen LogP) is 4.15. The Morgan fingerprint density at radius 2 is 1.68 bits per heavy atom. The first kappa shape index (κ1) is 17.3. The third kappa shape index (κ3) is 7.57. The van der Waals surface area contributed by atoms with Gasteiger partial charge in [0.2, 0.25) is 0 Å². The van der Waals surface area contributed by atoms with Gasteiger partial charge in [-0.05, 0) is 51.4 Å². The van der Waals surface area contributed by atoms with Crippen molar-refractivity contribution in [2.45, 2.75) is 70.3 Å². The van der Waals surface area contributed by atoms with Crippen LogP contribution in [0, 0.1) is 0 Å². The van der Waals surface area contributed by atoms with E-state index < -0.39 is 0 Å². The fourth-order valence-electron chi connectivity index (χ4n) is 3.00. The van der Waals surface area contributed by atoms with Gasteiger partial charge in [-0.3, -0.25) is 0 Å². The molecule has 0 amide bonds. The number of thiol groups is 1. The van der Waals surface area contributed by atoms with Crippen LogP contribution in [0.4, 0.5) is 0 Å². The minimum absolute atomic E-state index is 0.102. The molecule has 1 unspecified atom stereocenters. The second-order valence-corrected chi connectivity index (χ2v) is 6.68. The molecule has 0 aliphatic carbocycles. The predicted molar refractivity (Wildman–Crippen MR) is 87.3 cm³/mol. The summed E-state index contributed by atoms with van der Waals surface area (Å²) in [5.74, 6) is 1.05. The van der Waals surface area contributed by atoms with Crippen LogP contribution in [0.25, 0.3) is 0 Å². The summed E-state index contributed by atoms with van der Waals surface area (Å²) in [4.78, 5) is 2.59. The highest BCUT2D eigenvalue weighted by Gasteiger charge is 2.30. The van der Waals surface area contributed by atoms with Gasteiger partial charge in [-0.15, -0.1) is 0 Å². The van der Waals surface area contributed by atoms with Gasteiger partial charge in [0.1, 0.15) is 0 Å². The first-order valence-electron chi connectivity index (χ1n) is 8.08. The van der Waals surface area contributed by atoms with Crippen molar-refractivity contribution in [3.8, 4) is 0 Å². The smallest absolute Gasteiger partial charge is 0.0777 e. The maximum absolute atomic E-state index is 5.64. The number of nitrogens with zero attached hydrogens (tertiary/aromatic N) is 1. The summed E-state index contributed by atoms with van der Waals surface area (Å²) < 4.78 is 5.64. The largest absolute Gasteiger partial charge is 0.377 e. The van der Waals surface area contributed by atoms with Crippen LogP contribution in [0.1, 0.15) is 64.7 Å². The summed E-state index contributed by atoms with van der Waals surface area (Å²) in [6, 6.07) is 0. The third-order valence-electron chi connectivity index (χ3n) is 4.36. The van der Waals surface area contributed by atoms with Crippen LogP contribution < -0.4 is 0 Å². The molecule has 0 aromatic carbocycles. The van der Waals surface area contributed by atoms with E-state index in [1.165, 1.54) is 70.9 Å². The number of piperidine rings is 1. The zero-order chi connectivity index (χ0) is 14.0.